The Bertz CT molecular complexity index is 374. The Balaban J connectivity index is 1.79. The molecule has 0 aromatic rings. The van der Waals surface area contributed by atoms with Gasteiger partial charge in [0.15, 0.2) is 0 Å². The highest BCUT2D eigenvalue weighted by Crippen LogP contribution is 2.27. The number of ether oxygens (including phenoxy) is 1. The zero-order chi connectivity index (χ0) is 14.4. The highest BCUT2D eigenvalue weighted by molar-refractivity contribution is 7.89. The topological polar surface area (TPSA) is 46.6 Å². The molecule has 4 nitrogen and oxygen atoms in total. The molecule has 6 heteroatoms. The average Bonchev–Trinajstić information content (AvgIpc) is 2.46. The molecule has 0 spiro atoms. The van der Waals surface area contributed by atoms with Gasteiger partial charge < -0.3 is 4.74 Å². The van der Waals surface area contributed by atoms with Gasteiger partial charge in [0.05, 0.1) is 18.5 Å². The molecule has 0 bridgehead atoms. The summed E-state index contributed by atoms with van der Waals surface area (Å²) in [6, 6.07) is 0. The predicted molar refractivity (Wildman–Crippen MR) is 81.6 cm³/mol. The Labute approximate surface area is 127 Å². The SMILES string of the molecule is O=S(=O)(CC1CCCCC1)N1CCC(OCCCl)CC1. The van der Waals surface area contributed by atoms with Gasteiger partial charge in [-0.2, -0.15) is 0 Å². The minimum absolute atomic E-state index is 0.176. The molecule has 2 rings (SSSR count). The van der Waals surface area contributed by atoms with Crippen molar-refractivity contribution < 1.29 is 13.2 Å². The van der Waals surface area contributed by atoms with Crippen LogP contribution in [-0.4, -0.2) is 50.2 Å². The van der Waals surface area contributed by atoms with E-state index in [1.807, 2.05) is 0 Å². The van der Waals surface area contributed by atoms with E-state index in [0.717, 1.165) is 25.7 Å². The largest absolute Gasteiger partial charge is 0.377 e. The van der Waals surface area contributed by atoms with Crippen molar-refractivity contribution in [3.63, 3.8) is 0 Å². The molecule has 0 radical (unpaired) electrons. The zero-order valence-corrected chi connectivity index (χ0v) is 13.7. The van der Waals surface area contributed by atoms with E-state index < -0.39 is 10.0 Å². The number of alkyl halides is 1. The van der Waals surface area contributed by atoms with Crippen molar-refractivity contribution in [1.82, 2.24) is 4.31 Å². The van der Waals surface area contributed by atoms with E-state index in [9.17, 15) is 8.42 Å². The highest BCUT2D eigenvalue weighted by atomic mass is 35.5. The fraction of sp³-hybridized carbons (Fsp3) is 1.00. The molecule has 20 heavy (non-hydrogen) atoms. The van der Waals surface area contributed by atoms with Crippen LogP contribution in [0.3, 0.4) is 0 Å². The Morgan fingerprint density at radius 2 is 1.70 bits per heavy atom. The fourth-order valence-electron chi connectivity index (χ4n) is 3.25. The molecule has 0 aromatic carbocycles. The standard InChI is InChI=1S/C14H26ClNO3S/c15-8-11-19-14-6-9-16(10-7-14)20(17,18)12-13-4-2-1-3-5-13/h13-14H,1-12H2. The van der Waals surface area contributed by atoms with Crippen LogP contribution in [0.15, 0.2) is 0 Å². The molecular formula is C14H26ClNO3S. The van der Waals surface area contributed by atoms with Gasteiger partial charge in [0, 0.05) is 19.0 Å². The van der Waals surface area contributed by atoms with Gasteiger partial charge in [-0.25, -0.2) is 12.7 Å². The maximum absolute atomic E-state index is 12.4. The van der Waals surface area contributed by atoms with Gasteiger partial charge in [0.1, 0.15) is 0 Å². The first-order valence-corrected chi connectivity index (χ1v) is 9.91. The minimum atomic E-state index is -3.08. The first-order chi connectivity index (χ1) is 9.62. The van der Waals surface area contributed by atoms with E-state index in [-0.39, 0.29) is 6.10 Å². The van der Waals surface area contributed by atoms with Gasteiger partial charge in [-0.05, 0) is 31.6 Å². The second-order valence-electron chi connectivity index (χ2n) is 5.94. The smallest absolute Gasteiger partial charge is 0.214 e. The lowest BCUT2D eigenvalue weighted by molar-refractivity contribution is 0.0300. The molecular weight excluding hydrogens is 298 g/mol. The number of hydrogen-bond acceptors (Lipinski definition) is 3. The fourth-order valence-corrected chi connectivity index (χ4v) is 5.24. The maximum Gasteiger partial charge on any atom is 0.214 e. The summed E-state index contributed by atoms with van der Waals surface area (Å²) in [6.07, 6.45) is 7.56. The Morgan fingerprint density at radius 1 is 1.05 bits per heavy atom. The summed E-state index contributed by atoms with van der Waals surface area (Å²) in [5.41, 5.74) is 0. The van der Waals surface area contributed by atoms with Crippen LogP contribution in [0.5, 0.6) is 0 Å². The quantitative estimate of drug-likeness (QED) is 0.706. The van der Waals surface area contributed by atoms with Gasteiger partial charge in [-0.15, -0.1) is 11.6 Å². The Morgan fingerprint density at radius 3 is 2.30 bits per heavy atom. The maximum atomic E-state index is 12.4. The van der Waals surface area contributed by atoms with Crippen molar-refractivity contribution in [3.05, 3.63) is 0 Å². The van der Waals surface area contributed by atoms with Crippen LogP contribution in [0.4, 0.5) is 0 Å². The molecule has 1 aliphatic heterocycles. The van der Waals surface area contributed by atoms with E-state index in [0.29, 0.717) is 37.2 Å². The van der Waals surface area contributed by atoms with Crippen LogP contribution in [0.2, 0.25) is 0 Å². The number of sulfonamides is 1. The third-order valence-electron chi connectivity index (χ3n) is 4.40. The molecule has 1 saturated carbocycles. The molecule has 2 fully saturated rings. The second-order valence-corrected chi connectivity index (χ2v) is 8.33. The van der Waals surface area contributed by atoms with Crippen molar-refractivity contribution >= 4 is 21.6 Å². The molecule has 0 amide bonds. The van der Waals surface area contributed by atoms with Crippen LogP contribution < -0.4 is 0 Å². The summed E-state index contributed by atoms with van der Waals surface area (Å²) >= 11 is 5.60. The molecule has 0 unspecified atom stereocenters. The van der Waals surface area contributed by atoms with E-state index in [4.69, 9.17) is 16.3 Å². The zero-order valence-electron chi connectivity index (χ0n) is 12.1. The predicted octanol–water partition coefficient (Wildman–Crippen LogP) is 2.62. The van der Waals surface area contributed by atoms with Gasteiger partial charge in [0.2, 0.25) is 10.0 Å². The first kappa shape index (κ1) is 16.5. The van der Waals surface area contributed by atoms with Crippen molar-refractivity contribution in [3.8, 4) is 0 Å². The molecule has 1 heterocycles. The average molecular weight is 324 g/mol. The lowest BCUT2D eigenvalue weighted by atomic mass is 9.91. The number of nitrogens with zero attached hydrogens (tertiary/aromatic N) is 1. The van der Waals surface area contributed by atoms with E-state index in [1.54, 1.807) is 4.31 Å². The highest BCUT2D eigenvalue weighted by Gasteiger charge is 2.30. The summed E-state index contributed by atoms with van der Waals surface area (Å²) in [4.78, 5) is 0. The van der Waals surface area contributed by atoms with Crippen molar-refractivity contribution in [2.45, 2.75) is 51.0 Å². The molecule has 2 aliphatic rings. The van der Waals surface area contributed by atoms with E-state index in [2.05, 4.69) is 0 Å². The van der Waals surface area contributed by atoms with Crippen LogP contribution in [0.1, 0.15) is 44.9 Å². The molecule has 0 atom stereocenters. The lowest BCUT2D eigenvalue weighted by Gasteiger charge is -2.32. The molecule has 0 N–H and O–H groups in total. The first-order valence-electron chi connectivity index (χ1n) is 7.77. The summed E-state index contributed by atoms with van der Waals surface area (Å²) in [7, 11) is -3.08. The molecule has 0 aromatic heterocycles. The van der Waals surface area contributed by atoms with Gasteiger partial charge in [0.25, 0.3) is 0 Å². The minimum Gasteiger partial charge on any atom is -0.377 e. The van der Waals surface area contributed by atoms with Gasteiger partial charge in [-0.1, -0.05) is 19.3 Å². The molecule has 118 valence electrons. The van der Waals surface area contributed by atoms with E-state index >= 15 is 0 Å². The molecule has 1 saturated heterocycles. The summed E-state index contributed by atoms with van der Waals surface area (Å²) in [5.74, 6) is 1.22. The third-order valence-corrected chi connectivity index (χ3v) is 6.59. The summed E-state index contributed by atoms with van der Waals surface area (Å²) in [5, 5.41) is 0. The Hall–Kier alpha value is 0.160. The summed E-state index contributed by atoms with van der Waals surface area (Å²) in [6.45, 7) is 1.76. The van der Waals surface area contributed by atoms with Crippen LogP contribution >= 0.6 is 11.6 Å². The number of hydrogen-bond donors (Lipinski definition) is 0. The molecule has 1 aliphatic carbocycles. The number of rotatable bonds is 6. The lowest BCUT2D eigenvalue weighted by Crippen LogP contribution is -2.43. The van der Waals surface area contributed by atoms with E-state index in [1.165, 1.54) is 19.3 Å². The van der Waals surface area contributed by atoms with Gasteiger partial charge in [-0.3, -0.25) is 0 Å². The monoisotopic (exact) mass is 323 g/mol. The second kappa shape index (κ2) is 7.97. The van der Waals surface area contributed by atoms with Crippen molar-refractivity contribution in [1.29, 1.82) is 0 Å². The summed E-state index contributed by atoms with van der Waals surface area (Å²) < 4.78 is 32.1. The third kappa shape index (κ3) is 4.86. The number of piperidine rings is 1. The normalized spacial score (nSPS) is 24.1. The number of halogens is 1. The van der Waals surface area contributed by atoms with Gasteiger partial charge >= 0.3 is 0 Å². The van der Waals surface area contributed by atoms with Crippen LogP contribution in [0, 0.1) is 5.92 Å². The Kier molecular flexibility index (Phi) is 6.59. The van der Waals surface area contributed by atoms with Crippen molar-refractivity contribution in [2.24, 2.45) is 5.92 Å². The van der Waals surface area contributed by atoms with Crippen LogP contribution in [-0.2, 0) is 14.8 Å². The van der Waals surface area contributed by atoms with Crippen LogP contribution in [0.25, 0.3) is 0 Å². The van der Waals surface area contributed by atoms with Crippen molar-refractivity contribution in [2.75, 3.05) is 31.3 Å².